The molecule has 0 aliphatic rings. The molecular formula is C18H20N2. The lowest BCUT2D eigenvalue weighted by atomic mass is 10.0. The van der Waals surface area contributed by atoms with Crippen LogP contribution in [0.3, 0.4) is 0 Å². The lowest BCUT2D eigenvalue weighted by Crippen LogP contribution is -2.23. The molecule has 0 aromatic heterocycles. The number of nitriles is 1. The molecule has 0 radical (unpaired) electrons. The number of benzene rings is 2. The SMILES string of the molecule is Cc1ccccc1CCNCC(C#N)c1ccccc1. The summed E-state index contributed by atoms with van der Waals surface area (Å²) in [6, 6.07) is 20.8. The molecule has 0 heterocycles. The second-order valence-electron chi connectivity index (χ2n) is 4.97. The Labute approximate surface area is 121 Å². The molecule has 1 atom stereocenters. The van der Waals surface area contributed by atoms with E-state index in [2.05, 4.69) is 42.6 Å². The third-order valence-corrected chi connectivity index (χ3v) is 3.54. The maximum absolute atomic E-state index is 9.25. The minimum absolute atomic E-state index is 0.0759. The monoisotopic (exact) mass is 264 g/mol. The van der Waals surface area contributed by atoms with Gasteiger partial charge in [0.05, 0.1) is 12.0 Å². The van der Waals surface area contributed by atoms with Crippen LogP contribution in [-0.4, -0.2) is 13.1 Å². The Hall–Kier alpha value is -2.11. The molecule has 0 amide bonds. The van der Waals surface area contributed by atoms with Crippen molar-refractivity contribution < 1.29 is 0 Å². The van der Waals surface area contributed by atoms with Crippen LogP contribution in [0.5, 0.6) is 0 Å². The Morgan fingerprint density at radius 2 is 1.75 bits per heavy atom. The van der Waals surface area contributed by atoms with Crippen molar-refractivity contribution in [2.24, 2.45) is 0 Å². The van der Waals surface area contributed by atoms with E-state index >= 15 is 0 Å². The zero-order chi connectivity index (χ0) is 14.2. The molecule has 2 heteroatoms. The van der Waals surface area contributed by atoms with Crippen LogP contribution in [0, 0.1) is 18.3 Å². The number of nitrogens with one attached hydrogen (secondary N) is 1. The molecule has 0 aliphatic carbocycles. The molecule has 102 valence electrons. The molecular weight excluding hydrogens is 244 g/mol. The quantitative estimate of drug-likeness (QED) is 0.811. The first-order valence-corrected chi connectivity index (χ1v) is 7.01. The highest BCUT2D eigenvalue weighted by Gasteiger charge is 2.09. The van der Waals surface area contributed by atoms with Gasteiger partial charge >= 0.3 is 0 Å². The second kappa shape index (κ2) is 7.47. The van der Waals surface area contributed by atoms with Crippen LogP contribution in [0.25, 0.3) is 0 Å². The molecule has 0 aliphatic heterocycles. The summed E-state index contributed by atoms with van der Waals surface area (Å²) in [7, 11) is 0. The summed E-state index contributed by atoms with van der Waals surface area (Å²) >= 11 is 0. The van der Waals surface area contributed by atoms with Gasteiger partial charge in [0, 0.05) is 6.54 Å². The molecule has 20 heavy (non-hydrogen) atoms. The molecule has 1 N–H and O–H groups in total. The van der Waals surface area contributed by atoms with Crippen LogP contribution < -0.4 is 5.32 Å². The smallest absolute Gasteiger partial charge is 0.0837 e. The fourth-order valence-corrected chi connectivity index (χ4v) is 2.28. The van der Waals surface area contributed by atoms with Crippen LogP contribution in [-0.2, 0) is 6.42 Å². The standard InChI is InChI=1S/C18H20N2/c1-15-7-5-6-8-16(15)11-12-20-14-18(13-19)17-9-3-2-4-10-17/h2-10,18,20H,11-12,14H2,1H3. The maximum atomic E-state index is 9.25. The first-order chi connectivity index (χ1) is 9.81. The number of aryl methyl sites for hydroxylation is 1. The number of nitrogens with zero attached hydrogens (tertiary/aromatic N) is 1. The summed E-state index contributed by atoms with van der Waals surface area (Å²) in [5.74, 6) is -0.0759. The molecule has 1 unspecified atom stereocenters. The normalized spacial score (nSPS) is 11.8. The fraction of sp³-hybridized carbons (Fsp3) is 0.278. The van der Waals surface area contributed by atoms with Crippen molar-refractivity contribution in [2.75, 3.05) is 13.1 Å². The van der Waals surface area contributed by atoms with Crippen molar-refractivity contribution in [1.29, 1.82) is 5.26 Å². The van der Waals surface area contributed by atoms with Crippen LogP contribution in [0.4, 0.5) is 0 Å². The average Bonchev–Trinajstić information content (AvgIpc) is 2.50. The van der Waals surface area contributed by atoms with Gasteiger partial charge in [-0.3, -0.25) is 0 Å². The lowest BCUT2D eigenvalue weighted by Gasteiger charge is -2.11. The van der Waals surface area contributed by atoms with Crippen molar-refractivity contribution in [3.05, 3.63) is 71.3 Å². The van der Waals surface area contributed by atoms with Crippen LogP contribution in [0.2, 0.25) is 0 Å². The highest BCUT2D eigenvalue weighted by Crippen LogP contribution is 2.13. The first-order valence-electron chi connectivity index (χ1n) is 7.01. The third-order valence-electron chi connectivity index (χ3n) is 3.54. The van der Waals surface area contributed by atoms with E-state index < -0.39 is 0 Å². The van der Waals surface area contributed by atoms with Crippen LogP contribution in [0.15, 0.2) is 54.6 Å². The largest absolute Gasteiger partial charge is 0.315 e. The van der Waals surface area contributed by atoms with Crippen molar-refractivity contribution in [3.8, 4) is 6.07 Å². The Bertz CT molecular complexity index is 569. The van der Waals surface area contributed by atoms with E-state index in [9.17, 15) is 5.26 Å². The van der Waals surface area contributed by atoms with E-state index in [-0.39, 0.29) is 5.92 Å². The molecule has 0 saturated carbocycles. The summed E-state index contributed by atoms with van der Waals surface area (Å²) in [6.07, 6.45) is 1.000. The Morgan fingerprint density at radius 3 is 2.45 bits per heavy atom. The fourth-order valence-electron chi connectivity index (χ4n) is 2.28. The zero-order valence-electron chi connectivity index (χ0n) is 11.8. The summed E-state index contributed by atoms with van der Waals surface area (Å²) in [5.41, 5.74) is 3.78. The molecule has 0 fully saturated rings. The van der Waals surface area contributed by atoms with Crippen LogP contribution >= 0.6 is 0 Å². The predicted molar refractivity (Wildman–Crippen MR) is 82.5 cm³/mol. The average molecular weight is 264 g/mol. The van der Waals surface area contributed by atoms with Gasteiger partial charge in [-0.25, -0.2) is 0 Å². The van der Waals surface area contributed by atoms with Gasteiger partial charge in [-0.05, 0) is 36.6 Å². The summed E-state index contributed by atoms with van der Waals surface area (Å²) in [6.45, 7) is 3.74. The minimum Gasteiger partial charge on any atom is -0.315 e. The molecule has 0 spiro atoms. The number of hydrogen-bond acceptors (Lipinski definition) is 2. The topological polar surface area (TPSA) is 35.8 Å². The molecule has 2 aromatic carbocycles. The van der Waals surface area contributed by atoms with Crippen LogP contribution in [0.1, 0.15) is 22.6 Å². The molecule has 2 rings (SSSR count). The van der Waals surface area contributed by atoms with Gasteiger partial charge in [0.2, 0.25) is 0 Å². The third kappa shape index (κ3) is 3.94. The first kappa shape index (κ1) is 14.3. The summed E-state index contributed by atoms with van der Waals surface area (Å²) in [4.78, 5) is 0. The van der Waals surface area contributed by atoms with Gasteiger partial charge in [-0.15, -0.1) is 0 Å². The van der Waals surface area contributed by atoms with E-state index in [1.54, 1.807) is 0 Å². The van der Waals surface area contributed by atoms with Crippen molar-refractivity contribution in [3.63, 3.8) is 0 Å². The van der Waals surface area contributed by atoms with Gasteiger partial charge in [0.25, 0.3) is 0 Å². The molecule has 0 saturated heterocycles. The van der Waals surface area contributed by atoms with Crippen molar-refractivity contribution >= 4 is 0 Å². The summed E-state index contributed by atoms with van der Waals surface area (Å²) in [5, 5.41) is 12.6. The Kier molecular flexibility index (Phi) is 5.34. The number of rotatable bonds is 6. The second-order valence-corrected chi connectivity index (χ2v) is 4.97. The minimum atomic E-state index is -0.0759. The van der Waals surface area contributed by atoms with E-state index in [0.717, 1.165) is 18.5 Å². The molecule has 0 bridgehead atoms. The van der Waals surface area contributed by atoms with Gasteiger partial charge in [0.1, 0.15) is 0 Å². The van der Waals surface area contributed by atoms with Gasteiger partial charge in [-0.1, -0.05) is 54.6 Å². The molecule has 2 nitrogen and oxygen atoms in total. The lowest BCUT2D eigenvalue weighted by molar-refractivity contribution is 0.649. The Balaban J connectivity index is 1.81. The highest BCUT2D eigenvalue weighted by atomic mass is 14.9. The van der Waals surface area contributed by atoms with Gasteiger partial charge in [0.15, 0.2) is 0 Å². The highest BCUT2D eigenvalue weighted by molar-refractivity contribution is 5.26. The predicted octanol–water partition coefficient (Wildman–Crippen LogP) is 3.43. The maximum Gasteiger partial charge on any atom is 0.0837 e. The van der Waals surface area contributed by atoms with E-state index in [4.69, 9.17) is 0 Å². The van der Waals surface area contributed by atoms with Gasteiger partial charge < -0.3 is 5.32 Å². The van der Waals surface area contributed by atoms with Crippen molar-refractivity contribution in [1.82, 2.24) is 5.32 Å². The zero-order valence-corrected chi connectivity index (χ0v) is 11.8. The summed E-state index contributed by atoms with van der Waals surface area (Å²) < 4.78 is 0. The van der Waals surface area contributed by atoms with E-state index in [1.807, 2.05) is 30.3 Å². The molecule has 2 aromatic rings. The van der Waals surface area contributed by atoms with Gasteiger partial charge in [-0.2, -0.15) is 5.26 Å². The van der Waals surface area contributed by atoms with E-state index in [1.165, 1.54) is 11.1 Å². The number of hydrogen-bond donors (Lipinski definition) is 1. The van der Waals surface area contributed by atoms with E-state index in [0.29, 0.717) is 6.54 Å². The Morgan fingerprint density at radius 1 is 1.05 bits per heavy atom. The van der Waals surface area contributed by atoms with Crippen molar-refractivity contribution in [2.45, 2.75) is 19.3 Å².